The van der Waals surface area contributed by atoms with Crippen molar-refractivity contribution in [2.24, 2.45) is 0 Å². The van der Waals surface area contributed by atoms with Crippen LogP contribution in [0.5, 0.6) is 0 Å². The van der Waals surface area contributed by atoms with Gasteiger partial charge >= 0.3 is 0 Å². The monoisotopic (exact) mass is 288 g/mol. The summed E-state index contributed by atoms with van der Waals surface area (Å²) < 4.78 is 31.7. The highest BCUT2D eigenvalue weighted by molar-refractivity contribution is 7.89. The third-order valence-corrected chi connectivity index (χ3v) is 3.75. The van der Waals surface area contributed by atoms with Crippen molar-refractivity contribution in [2.45, 2.75) is 31.7 Å². The van der Waals surface area contributed by atoms with E-state index in [1.54, 1.807) is 6.92 Å². The maximum absolute atomic E-state index is 12.0. The number of hydrogen-bond donors (Lipinski definition) is 2. The van der Waals surface area contributed by atoms with Gasteiger partial charge in [-0.2, -0.15) is 0 Å². The number of hydrogen-bond acceptors (Lipinski definition) is 6. The Morgan fingerprint density at radius 1 is 1.32 bits per heavy atom. The van der Waals surface area contributed by atoms with Crippen molar-refractivity contribution in [1.29, 1.82) is 0 Å². The molecule has 2 N–H and O–H groups in total. The first kappa shape index (κ1) is 15.8. The summed E-state index contributed by atoms with van der Waals surface area (Å²) >= 11 is 0. The number of nitrogens with one attached hydrogen (secondary N) is 2. The van der Waals surface area contributed by atoms with Crippen molar-refractivity contribution in [2.75, 3.05) is 25.1 Å². The van der Waals surface area contributed by atoms with Gasteiger partial charge in [0.15, 0.2) is 0 Å². The van der Waals surface area contributed by atoms with Gasteiger partial charge in [-0.05, 0) is 20.8 Å². The second kappa shape index (κ2) is 7.37. The molecule has 1 aromatic heterocycles. The fourth-order valence-electron chi connectivity index (χ4n) is 1.37. The van der Waals surface area contributed by atoms with Gasteiger partial charge in [-0.15, -0.1) is 0 Å². The van der Waals surface area contributed by atoms with Crippen molar-refractivity contribution >= 4 is 16.0 Å². The van der Waals surface area contributed by atoms with Gasteiger partial charge in [0.05, 0.1) is 19.0 Å². The van der Waals surface area contributed by atoms with E-state index in [-0.39, 0.29) is 10.9 Å². The van der Waals surface area contributed by atoms with Crippen LogP contribution >= 0.6 is 0 Å². The largest absolute Gasteiger partial charge is 0.380 e. The molecule has 0 fully saturated rings. The molecule has 0 saturated carbocycles. The van der Waals surface area contributed by atoms with Crippen LogP contribution in [0.4, 0.5) is 5.95 Å². The van der Waals surface area contributed by atoms with E-state index in [9.17, 15) is 8.42 Å². The van der Waals surface area contributed by atoms with Crippen molar-refractivity contribution in [3.8, 4) is 0 Å². The third-order valence-electron chi connectivity index (χ3n) is 2.20. The quantitative estimate of drug-likeness (QED) is 0.728. The van der Waals surface area contributed by atoms with Crippen LogP contribution in [0.25, 0.3) is 0 Å². The van der Waals surface area contributed by atoms with Crippen molar-refractivity contribution in [3.05, 3.63) is 12.4 Å². The second-order valence-electron chi connectivity index (χ2n) is 3.95. The van der Waals surface area contributed by atoms with Gasteiger partial charge in [0.25, 0.3) is 0 Å². The summed E-state index contributed by atoms with van der Waals surface area (Å²) in [6.07, 6.45) is 2.56. The Hall–Kier alpha value is -1.25. The smallest absolute Gasteiger partial charge is 0.243 e. The van der Waals surface area contributed by atoms with Gasteiger partial charge in [0.1, 0.15) is 4.90 Å². The van der Waals surface area contributed by atoms with E-state index in [1.165, 1.54) is 12.4 Å². The normalized spacial score (nSPS) is 13.2. The molecule has 1 rings (SSSR count). The Kier molecular flexibility index (Phi) is 6.13. The SMILES string of the molecule is CCNc1ncc(S(=O)(=O)NC(C)COCC)cn1. The molecule has 1 heterocycles. The minimum absolute atomic E-state index is 0.0394. The number of sulfonamides is 1. The van der Waals surface area contributed by atoms with Gasteiger partial charge in [-0.1, -0.05) is 0 Å². The van der Waals surface area contributed by atoms with Crippen molar-refractivity contribution < 1.29 is 13.2 Å². The van der Waals surface area contributed by atoms with Crippen LogP contribution in [0.2, 0.25) is 0 Å². The number of rotatable bonds is 8. The maximum atomic E-state index is 12.0. The summed E-state index contributed by atoms with van der Waals surface area (Å²) in [6.45, 7) is 7.05. The first-order valence-electron chi connectivity index (χ1n) is 6.15. The van der Waals surface area contributed by atoms with Crippen LogP contribution in [-0.2, 0) is 14.8 Å². The highest BCUT2D eigenvalue weighted by Gasteiger charge is 2.18. The molecule has 0 spiro atoms. The minimum atomic E-state index is -3.60. The Balaban J connectivity index is 2.71. The van der Waals surface area contributed by atoms with Gasteiger partial charge in [0, 0.05) is 19.2 Å². The van der Waals surface area contributed by atoms with E-state index in [0.29, 0.717) is 25.7 Å². The average Bonchev–Trinajstić information content (AvgIpc) is 2.37. The molecule has 19 heavy (non-hydrogen) atoms. The first-order valence-corrected chi connectivity index (χ1v) is 7.64. The summed E-state index contributed by atoms with van der Waals surface area (Å²) in [5, 5.41) is 2.90. The average molecular weight is 288 g/mol. The molecule has 0 bridgehead atoms. The van der Waals surface area contributed by atoms with Crippen molar-refractivity contribution in [3.63, 3.8) is 0 Å². The summed E-state index contributed by atoms with van der Waals surface area (Å²) in [7, 11) is -3.60. The summed E-state index contributed by atoms with van der Waals surface area (Å²) in [6, 6.07) is -0.307. The molecule has 1 aromatic rings. The predicted octanol–water partition coefficient (Wildman–Crippen LogP) is 0.612. The highest BCUT2D eigenvalue weighted by atomic mass is 32.2. The molecule has 0 saturated heterocycles. The van der Waals surface area contributed by atoms with Gasteiger partial charge in [0.2, 0.25) is 16.0 Å². The summed E-state index contributed by atoms with van der Waals surface area (Å²) in [4.78, 5) is 7.90. The summed E-state index contributed by atoms with van der Waals surface area (Å²) in [5.74, 6) is 0.406. The lowest BCUT2D eigenvalue weighted by molar-refractivity contribution is 0.133. The van der Waals surface area contributed by atoms with Gasteiger partial charge in [-0.25, -0.2) is 23.1 Å². The van der Waals surface area contributed by atoms with Crippen LogP contribution in [0.15, 0.2) is 17.3 Å². The predicted molar refractivity (Wildman–Crippen MR) is 72.5 cm³/mol. The molecule has 0 radical (unpaired) electrons. The number of ether oxygens (including phenoxy) is 1. The lowest BCUT2D eigenvalue weighted by Gasteiger charge is -2.13. The molecule has 0 aliphatic rings. The Morgan fingerprint density at radius 2 is 1.95 bits per heavy atom. The topological polar surface area (TPSA) is 93.2 Å². The van der Waals surface area contributed by atoms with E-state index in [1.807, 2.05) is 13.8 Å². The molecule has 0 aliphatic heterocycles. The molecule has 108 valence electrons. The molecule has 1 atom stereocenters. The van der Waals surface area contributed by atoms with Crippen LogP contribution in [-0.4, -0.2) is 44.2 Å². The van der Waals surface area contributed by atoms with E-state index in [0.717, 1.165) is 0 Å². The molecule has 0 aliphatic carbocycles. The zero-order valence-electron chi connectivity index (χ0n) is 11.4. The fourth-order valence-corrected chi connectivity index (χ4v) is 2.48. The van der Waals surface area contributed by atoms with E-state index < -0.39 is 10.0 Å². The zero-order chi connectivity index (χ0) is 14.3. The van der Waals surface area contributed by atoms with Crippen LogP contribution < -0.4 is 10.0 Å². The fraction of sp³-hybridized carbons (Fsp3) is 0.636. The second-order valence-corrected chi connectivity index (χ2v) is 5.67. The number of nitrogens with zero attached hydrogens (tertiary/aromatic N) is 2. The zero-order valence-corrected chi connectivity index (χ0v) is 12.2. The Bertz CT molecular complexity index is 475. The molecule has 7 nitrogen and oxygen atoms in total. The maximum Gasteiger partial charge on any atom is 0.243 e. The van der Waals surface area contributed by atoms with Crippen LogP contribution in [0, 0.1) is 0 Å². The van der Waals surface area contributed by atoms with Gasteiger partial charge in [-0.3, -0.25) is 0 Å². The van der Waals surface area contributed by atoms with Gasteiger partial charge < -0.3 is 10.1 Å². The van der Waals surface area contributed by atoms with Crippen molar-refractivity contribution in [1.82, 2.24) is 14.7 Å². The lowest BCUT2D eigenvalue weighted by atomic mass is 10.4. The highest BCUT2D eigenvalue weighted by Crippen LogP contribution is 2.08. The van der Waals surface area contributed by atoms with E-state index >= 15 is 0 Å². The molecule has 1 unspecified atom stereocenters. The number of anilines is 1. The molecule has 8 heteroatoms. The molecular formula is C11H20N4O3S. The van der Waals surface area contributed by atoms with E-state index in [2.05, 4.69) is 20.0 Å². The van der Waals surface area contributed by atoms with Crippen LogP contribution in [0.1, 0.15) is 20.8 Å². The standard InChI is InChI=1S/C11H20N4O3S/c1-4-12-11-13-6-10(7-14-11)19(16,17)15-9(3)8-18-5-2/h6-7,9,15H,4-5,8H2,1-3H3,(H,12,13,14). The number of aromatic nitrogens is 2. The molecule has 0 amide bonds. The first-order chi connectivity index (χ1) is 8.99. The van der Waals surface area contributed by atoms with E-state index in [4.69, 9.17) is 4.74 Å². The molecule has 0 aromatic carbocycles. The molecular weight excluding hydrogens is 268 g/mol. The summed E-state index contributed by atoms with van der Waals surface area (Å²) in [5.41, 5.74) is 0. The lowest BCUT2D eigenvalue weighted by Crippen LogP contribution is -2.36. The Morgan fingerprint density at radius 3 is 2.47 bits per heavy atom. The third kappa shape index (κ3) is 5.09. The minimum Gasteiger partial charge on any atom is -0.380 e. The Labute approximate surface area is 113 Å². The van der Waals surface area contributed by atoms with Crippen LogP contribution in [0.3, 0.4) is 0 Å².